The number of amides is 2. The number of benzene rings is 3. The molecule has 2 amide bonds. The number of rotatable bonds is 10. The monoisotopic (exact) mass is 616 g/mol. The molecule has 0 bridgehead atoms. The number of nitrogens with one attached hydrogen (secondary N) is 2. The SMILES string of the molecule is CCNC(=O)C[C@@H]1N=C(c2ccc(Cl)cc2)c2cc(OC(C)C(=O)Nc3ccc(OC)c(OC)c3)ccc2-n2c(C)nnc21. The molecule has 3 aromatic carbocycles. The number of fused-ring (bicyclic) bond motifs is 3. The second kappa shape index (κ2) is 13.2. The topological polar surface area (TPSA) is 129 Å². The Morgan fingerprint density at radius 1 is 1.00 bits per heavy atom. The summed E-state index contributed by atoms with van der Waals surface area (Å²) in [6.45, 7) is 5.89. The van der Waals surface area contributed by atoms with Gasteiger partial charge in [-0.15, -0.1) is 10.2 Å². The van der Waals surface area contributed by atoms with E-state index in [4.69, 9.17) is 30.8 Å². The Bertz CT molecular complexity index is 1720. The Labute approximate surface area is 260 Å². The maximum Gasteiger partial charge on any atom is 0.265 e. The van der Waals surface area contributed by atoms with Gasteiger partial charge >= 0.3 is 0 Å². The fourth-order valence-electron chi connectivity index (χ4n) is 4.98. The summed E-state index contributed by atoms with van der Waals surface area (Å²) in [5.74, 6) is 2.20. The molecule has 2 N–H and O–H groups in total. The zero-order chi connectivity index (χ0) is 31.4. The number of hydrogen-bond donors (Lipinski definition) is 2. The van der Waals surface area contributed by atoms with Gasteiger partial charge in [0.25, 0.3) is 5.91 Å². The first-order chi connectivity index (χ1) is 21.2. The van der Waals surface area contributed by atoms with Crippen molar-refractivity contribution < 1.29 is 23.8 Å². The molecule has 11 nitrogen and oxygen atoms in total. The van der Waals surface area contributed by atoms with Crippen LogP contribution in [-0.2, 0) is 9.59 Å². The van der Waals surface area contributed by atoms with Crippen LogP contribution in [0.3, 0.4) is 0 Å². The molecule has 1 unspecified atom stereocenters. The summed E-state index contributed by atoms with van der Waals surface area (Å²) in [7, 11) is 3.08. The van der Waals surface area contributed by atoms with Crippen LogP contribution in [0, 0.1) is 6.92 Å². The molecule has 1 aliphatic rings. The number of anilines is 1. The van der Waals surface area contributed by atoms with Crippen molar-refractivity contribution in [2.75, 3.05) is 26.1 Å². The van der Waals surface area contributed by atoms with Gasteiger partial charge in [-0.05, 0) is 63.2 Å². The zero-order valence-corrected chi connectivity index (χ0v) is 25.8. The van der Waals surface area contributed by atoms with Gasteiger partial charge in [0, 0.05) is 34.4 Å². The number of aliphatic imine (C=N–C) groups is 1. The van der Waals surface area contributed by atoms with Crippen LogP contribution in [-0.4, -0.2) is 59.2 Å². The Balaban J connectivity index is 1.50. The first-order valence-electron chi connectivity index (χ1n) is 14.1. The van der Waals surface area contributed by atoms with E-state index >= 15 is 0 Å². The van der Waals surface area contributed by atoms with Gasteiger partial charge in [0.15, 0.2) is 23.4 Å². The Hall–Kier alpha value is -4.90. The van der Waals surface area contributed by atoms with E-state index in [1.54, 1.807) is 50.4 Å². The molecular weight excluding hydrogens is 584 g/mol. The maximum absolute atomic E-state index is 13.1. The van der Waals surface area contributed by atoms with Crippen molar-refractivity contribution >= 4 is 34.8 Å². The number of halogens is 1. The lowest BCUT2D eigenvalue weighted by atomic mass is 10.00. The molecule has 0 saturated heterocycles. The highest BCUT2D eigenvalue weighted by molar-refractivity contribution is 6.30. The number of nitrogens with zero attached hydrogens (tertiary/aromatic N) is 4. The summed E-state index contributed by atoms with van der Waals surface area (Å²) in [5.41, 5.74) is 3.45. The molecule has 0 aliphatic carbocycles. The van der Waals surface area contributed by atoms with E-state index in [-0.39, 0.29) is 18.2 Å². The van der Waals surface area contributed by atoms with Crippen LogP contribution in [0.1, 0.15) is 49.1 Å². The first-order valence-corrected chi connectivity index (χ1v) is 14.5. The van der Waals surface area contributed by atoms with E-state index in [1.165, 1.54) is 7.11 Å². The largest absolute Gasteiger partial charge is 0.493 e. The molecule has 0 fully saturated rings. The Kier molecular flexibility index (Phi) is 9.15. The molecule has 1 aromatic heterocycles. The first kappa shape index (κ1) is 30.6. The van der Waals surface area contributed by atoms with Crippen molar-refractivity contribution in [3.05, 3.63) is 88.5 Å². The van der Waals surface area contributed by atoms with E-state index in [1.807, 2.05) is 42.7 Å². The molecule has 4 aromatic rings. The summed E-state index contributed by atoms with van der Waals surface area (Å²) in [6.07, 6.45) is -0.756. The van der Waals surface area contributed by atoms with Crippen LogP contribution in [0.2, 0.25) is 5.02 Å². The van der Waals surface area contributed by atoms with E-state index in [0.717, 1.165) is 16.8 Å². The lowest BCUT2D eigenvalue weighted by molar-refractivity contribution is -0.122. The molecule has 228 valence electrons. The summed E-state index contributed by atoms with van der Waals surface area (Å²) in [6, 6.07) is 17.3. The fraction of sp³-hybridized carbons (Fsp3) is 0.281. The normalized spacial score (nSPS) is 14.3. The van der Waals surface area contributed by atoms with Crippen LogP contribution in [0.25, 0.3) is 5.69 Å². The van der Waals surface area contributed by atoms with Gasteiger partial charge in [0.1, 0.15) is 17.6 Å². The summed E-state index contributed by atoms with van der Waals surface area (Å²) in [5, 5.41) is 15.0. The molecule has 0 spiro atoms. The number of carbonyl (C=O) groups excluding carboxylic acids is 2. The highest BCUT2D eigenvalue weighted by Crippen LogP contribution is 2.35. The van der Waals surface area contributed by atoms with Crippen molar-refractivity contribution in [1.82, 2.24) is 20.1 Å². The molecule has 0 saturated carbocycles. The minimum atomic E-state index is -0.847. The molecule has 2 atom stereocenters. The Morgan fingerprint density at radius 3 is 2.45 bits per heavy atom. The van der Waals surface area contributed by atoms with E-state index in [0.29, 0.717) is 51.9 Å². The van der Waals surface area contributed by atoms with Gasteiger partial charge < -0.3 is 24.8 Å². The predicted molar refractivity (Wildman–Crippen MR) is 167 cm³/mol. The lowest BCUT2D eigenvalue weighted by Gasteiger charge is -2.18. The zero-order valence-electron chi connectivity index (χ0n) is 25.1. The fourth-order valence-corrected chi connectivity index (χ4v) is 5.11. The van der Waals surface area contributed by atoms with Gasteiger partial charge in [-0.3, -0.25) is 19.1 Å². The van der Waals surface area contributed by atoms with Crippen molar-refractivity contribution in [1.29, 1.82) is 0 Å². The third-order valence-corrected chi connectivity index (χ3v) is 7.35. The van der Waals surface area contributed by atoms with Crippen molar-refractivity contribution in [3.63, 3.8) is 0 Å². The van der Waals surface area contributed by atoms with Crippen molar-refractivity contribution in [2.45, 2.75) is 39.3 Å². The number of ether oxygens (including phenoxy) is 3. The Morgan fingerprint density at radius 2 is 1.75 bits per heavy atom. The van der Waals surface area contributed by atoms with Gasteiger partial charge in [0.2, 0.25) is 5.91 Å². The van der Waals surface area contributed by atoms with E-state index < -0.39 is 12.1 Å². The molecule has 44 heavy (non-hydrogen) atoms. The predicted octanol–water partition coefficient (Wildman–Crippen LogP) is 5.07. The number of hydrogen-bond acceptors (Lipinski definition) is 8. The summed E-state index contributed by atoms with van der Waals surface area (Å²) in [4.78, 5) is 30.9. The van der Waals surface area contributed by atoms with Crippen LogP contribution < -0.4 is 24.8 Å². The van der Waals surface area contributed by atoms with Gasteiger partial charge in [-0.1, -0.05) is 23.7 Å². The highest BCUT2D eigenvalue weighted by Gasteiger charge is 2.30. The average Bonchev–Trinajstić information content (AvgIpc) is 3.34. The molecule has 5 rings (SSSR count). The van der Waals surface area contributed by atoms with E-state index in [9.17, 15) is 9.59 Å². The molecular formula is C32H33ClN6O5. The third kappa shape index (κ3) is 6.37. The highest BCUT2D eigenvalue weighted by atomic mass is 35.5. The third-order valence-electron chi connectivity index (χ3n) is 7.10. The second-order valence-electron chi connectivity index (χ2n) is 10.1. The molecule has 2 heterocycles. The number of methoxy groups -OCH3 is 2. The van der Waals surface area contributed by atoms with E-state index in [2.05, 4.69) is 20.8 Å². The smallest absolute Gasteiger partial charge is 0.265 e. The van der Waals surface area contributed by atoms with Gasteiger partial charge in [-0.2, -0.15) is 0 Å². The maximum atomic E-state index is 13.1. The standard InChI is InChI=1S/C32H33ClN6O5/c1-6-34-29(40)17-25-31-38-37-19(3)39(31)26-13-12-23(16-24(26)30(36-25)20-7-9-21(33)10-8-20)44-18(2)32(41)35-22-11-14-27(42-4)28(15-22)43-5/h7-16,18,25H,6,17H2,1-5H3,(H,34,40)(H,35,41)/t18?,25-/m0/s1. The van der Waals surface area contributed by atoms with Crippen LogP contribution >= 0.6 is 11.6 Å². The minimum absolute atomic E-state index is 0.0910. The molecule has 0 radical (unpaired) electrons. The lowest BCUT2D eigenvalue weighted by Crippen LogP contribution is -2.30. The van der Waals surface area contributed by atoms with Gasteiger partial charge in [0.05, 0.1) is 32.0 Å². The van der Waals surface area contributed by atoms with Crippen molar-refractivity contribution in [2.24, 2.45) is 4.99 Å². The van der Waals surface area contributed by atoms with Crippen LogP contribution in [0.15, 0.2) is 65.7 Å². The van der Waals surface area contributed by atoms with Crippen molar-refractivity contribution in [3.8, 4) is 22.9 Å². The number of aryl methyl sites for hydroxylation is 1. The summed E-state index contributed by atoms with van der Waals surface area (Å²) < 4.78 is 18.7. The quantitative estimate of drug-likeness (QED) is 0.254. The van der Waals surface area contributed by atoms with Crippen LogP contribution in [0.4, 0.5) is 5.69 Å². The number of carbonyl (C=O) groups is 2. The van der Waals surface area contributed by atoms with Gasteiger partial charge in [-0.25, -0.2) is 0 Å². The van der Waals surface area contributed by atoms with Crippen LogP contribution in [0.5, 0.6) is 17.2 Å². The number of aromatic nitrogens is 3. The summed E-state index contributed by atoms with van der Waals surface area (Å²) >= 11 is 6.21. The molecule has 12 heteroatoms. The second-order valence-corrected chi connectivity index (χ2v) is 10.5. The molecule has 1 aliphatic heterocycles. The minimum Gasteiger partial charge on any atom is -0.493 e. The average molecular weight is 617 g/mol.